The van der Waals surface area contributed by atoms with E-state index in [2.05, 4.69) is 18.8 Å². The summed E-state index contributed by atoms with van der Waals surface area (Å²) in [6.45, 7) is 7.35. The van der Waals surface area contributed by atoms with Gasteiger partial charge in [-0.3, -0.25) is 0 Å². The molecule has 2 saturated heterocycles. The summed E-state index contributed by atoms with van der Waals surface area (Å²) in [6, 6.07) is 0. The fourth-order valence-electron chi connectivity index (χ4n) is 2.05. The Labute approximate surface area is 56.1 Å². The maximum atomic E-state index is 3.98. The molecule has 0 radical (unpaired) electrons. The van der Waals surface area contributed by atoms with Crippen molar-refractivity contribution in [1.82, 2.24) is 5.32 Å². The number of nitrogens with one attached hydrogen (secondary N) is 1. The Hall–Kier alpha value is -0.300. The van der Waals surface area contributed by atoms with Crippen LogP contribution >= 0.6 is 0 Å². The quantitative estimate of drug-likeness (QED) is 0.518. The normalized spacial score (nSPS) is 46.6. The average molecular weight is 123 g/mol. The lowest BCUT2D eigenvalue weighted by molar-refractivity contribution is 0.271. The summed E-state index contributed by atoms with van der Waals surface area (Å²) in [4.78, 5) is 0. The van der Waals surface area contributed by atoms with Gasteiger partial charge in [-0.1, -0.05) is 12.2 Å². The summed E-state index contributed by atoms with van der Waals surface area (Å²) in [6.07, 6.45) is 2.70. The van der Waals surface area contributed by atoms with Gasteiger partial charge in [-0.05, 0) is 32.2 Å². The lowest BCUT2D eigenvalue weighted by Crippen LogP contribution is -2.43. The molecule has 9 heavy (non-hydrogen) atoms. The maximum absolute atomic E-state index is 3.98. The largest absolute Gasteiger partial charge is 0.307 e. The number of fused-ring (bicyclic) bond motifs is 1. The van der Waals surface area contributed by atoms with Crippen LogP contribution < -0.4 is 5.32 Å². The first-order chi connectivity index (χ1) is 4.23. The molecule has 1 N–H and O–H groups in total. The van der Waals surface area contributed by atoms with Crippen LogP contribution in [0.3, 0.4) is 0 Å². The summed E-state index contributed by atoms with van der Waals surface area (Å²) in [5, 5.41) is 3.51. The first-order valence-corrected chi connectivity index (χ1v) is 3.64. The van der Waals surface area contributed by atoms with Crippen LogP contribution in [-0.2, 0) is 0 Å². The van der Waals surface area contributed by atoms with Gasteiger partial charge in [0.05, 0.1) is 0 Å². The second kappa shape index (κ2) is 1.40. The highest BCUT2D eigenvalue weighted by Crippen LogP contribution is 2.47. The summed E-state index contributed by atoms with van der Waals surface area (Å²) in [5.41, 5.74) is 1.72. The van der Waals surface area contributed by atoms with Gasteiger partial charge >= 0.3 is 0 Å². The van der Waals surface area contributed by atoms with Crippen LogP contribution in [0.5, 0.6) is 0 Å². The van der Waals surface area contributed by atoms with Gasteiger partial charge in [-0.15, -0.1) is 0 Å². The zero-order chi connectivity index (χ0) is 6.48. The van der Waals surface area contributed by atoms with Crippen LogP contribution in [0.4, 0.5) is 0 Å². The molecule has 0 amide bonds. The standard InChI is InChI=1S/C8H13N/c1-6(2)8-3-7(4-8)5-9-8/h7,9H,1,3-5H2,2H3. The molecule has 2 heterocycles. The lowest BCUT2D eigenvalue weighted by Gasteiger charge is -2.38. The van der Waals surface area contributed by atoms with E-state index in [1.807, 2.05) is 0 Å². The zero-order valence-corrected chi connectivity index (χ0v) is 5.91. The summed E-state index contributed by atoms with van der Waals surface area (Å²) >= 11 is 0. The van der Waals surface area contributed by atoms with Crippen LogP contribution in [0.2, 0.25) is 0 Å². The summed E-state index contributed by atoms with van der Waals surface area (Å²) in [5.74, 6) is 0.974. The van der Waals surface area contributed by atoms with Crippen molar-refractivity contribution in [3.63, 3.8) is 0 Å². The molecule has 0 aromatic carbocycles. The molecular formula is C8H13N. The first kappa shape index (κ1) is 5.48. The fraction of sp³-hybridized carbons (Fsp3) is 0.750. The summed E-state index contributed by atoms with van der Waals surface area (Å²) in [7, 11) is 0. The van der Waals surface area contributed by atoms with Gasteiger partial charge in [0.1, 0.15) is 0 Å². The van der Waals surface area contributed by atoms with E-state index in [9.17, 15) is 0 Å². The first-order valence-electron chi connectivity index (χ1n) is 3.64. The molecule has 0 atom stereocenters. The van der Waals surface area contributed by atoms with Gasteiger partial charge in [0.15, 0.2) is 0 Å². The monoisotopic (exact) mass is 123 g/mol. The van der Waals surface area contributed by atoms with Gasteiger partial charge < -0.3 is 5.32 Å². The molecule has 1 nitrogen and oxygen atoms in total. The van der Waals surface area contributed by atoms with E-state index >= 15 is 0 Å². The van der Waals surface area contributed by atoms with Crippen LogP contribution in [0.1, 0.15) is 19.8 Å². The van der Waals surface area contributed by atoms with E-state index in [4.69, 9.17) is 0 Å². The van der Waals surface area contributed by atoms with Gasteiger partial charge in [-0.2, -0.15) is 0 Å². The van der Waals surface area contributed by atoms with Gasteiger partial charge in [0.25, 0.3) is 0 Å². The van der Waals surface area contributed by atoms with E-state index in [-0.39, 0.29) is 0 Å². The van der Waals surface area contributed by atoms with E-state index < -0.39 is 0 Å². The Balaban J connectivity index is 2.19. The molecular weight excluding hydrogens is 110 g/mol. The van der Waals surface area contributed by atoms with Crippen molar-refractivity contribution in [3.8, 4) is 0 Å². The van der Waals surface area contributed by atoms with Gasteiger partial charge in [0, 0.05) is 5.54 Å². The van der Waals surface area contributed by atoms with Crippen LogP contribution in [0.25, 0.3) is 0 Å². The number of rotatable bonds is 1. The highest BCUT2D eigenvalue weighted by molar-refractivity contribution is 5.25. The lowest BCUT2D eigenvalue weighted by atomic mass is 9.70. The fourth-order valence-corrected chi connectivity index (χ4v) is 2.05. The predicted octanol–water partition coefficient (Wildman–Crippen LogP) is 1.31. The minimum atomic E-state index is 0.394. The molecule has 0 aromatic rings. The molecule has 2 bridgehead atoms. The Kier molecular flexibility index (Phi) is 0.854. The molecule has 50 valence electrons. The van der Waals surface area contributed by atoms with E-state index in [0.717, 1.165) is 5.92 Å². The van der Waals surface area contributed by atoms with E-state index in [0.29, 0.717) is 5.54 Å². The van der Waals surface area contributed by atoms with Crippen molar-refractivity contribution < 1.29 is 0 Å². The van der Waals surface area contributed by atoms with Crippen molar-refractivity contribution in [1.29, 1.82) is 0 Å². The third-order valence-corrected chi connectivity index (χ3v) is 2.82. The molecule has 0 spiro atoms. The molecule has 1 heteroatoms. The van der Waals surface area contributed by atoms with Gasteiger partial charge in [-0.25, -0.2) is 0 Å². The average Bonchev–Trinajstić information content (AvgIpc) is 2.13. The molecule has 0 aromatic heterocycles. The second-order valence-corrected chi connectivity index (χ2v) is 3.52. The highest BCUT2D eigenvalue weighted by atomic mass is 15.1. The van der Waals surface area contributed by atoms with Crippen molar-refractivity contribution in [2.45, 2.75) is 25.3 Å². The molecule has 0 unspecified atom stereocenters. The van der Waals surface area contributed by atoms with Gasteiger partial charge in [0.2, 0.25) is 0 Å². The Morgan fingerprint density at radius 3 is 2.56 bits per heavy atom. The van der Waals surface area contributed by atoms with E-state index in [1.165, 1.54) is 25.0 Å². The molecule has 1 aliphatic carbocycles. The SMILES string of the molecule is C=C(C)C12CC(CN1)C2. The molecule has 1 saturated carbocycles. The van der Waals surface area contributed by atoms with Crippen LogP contribution in [0.15, 0.2) is 12.2 Å². The van der Waals surface area contributed by atoms with Crippen LogP contribution in [-0.4, -0.2) is 12.1 Å². The third-order valence-electron chi connectivity index (χ3n) is 2.82. The second-order valence-electron chi connectivity index (χ2n) is 3.52. The smallest absolute Gasteiger partial charge is 0.0394 e. The van der Waals surface area contributed by atoms with Crippen molar-refractivity contribution in [3.05, 3.63) is 12.2 Å². The van der Waals surface area contributed by atoms with Crippen molar-refractivity contribution in [2.24, 2.45) is 5.92 Å². The maximum Gasteiger partial charge on any atom is 0.0394 e. The molecule has 3 aliphatic rings. The van der Waals surface area contributed by atoms with Crippen LogP contribution in [0, 0.1) is 5.92 Å². The molecule has 3 rings (SSSR count). The number of hydrogen-bond donors (Lipinski definition) is 1. The topological polar surface area (TPSA) is 12.0 Å². The molecule has 2 aliphatic heterocycles. The minimum Gasteiger partial charge on any atom is -0.307 e. The minimum absolute atomic E-state index is 0.394. The summed E-state index contributed by atoms with van der Waals surface area (Å²) < 4.78 is 0. The Morgan fingerprint density at radius 1 is 1.67 bits per heavy atom. The predicted molar refractivity (Wildman–Crippen MR) is 38.3 cm³/mol. The molecule has 3 fully saturated rings. The zero-order valence-electron chi connectivity index (χ0n) is 5.91. The Morgan fingerprint density at radius 2 is 2.33 bits per heavy atom. The van der Waals surface area contributed by atoms with Crippen molar-refractivity contribution >= 4 is 0 Å². The number of hydrogen-bond acceptors (Lipinski definition) is 1. The third kappa shape index (κ3) is 0.531. The highest BCUT2D eigenvalue weighted by Gasteiger charge is 2.50. The Bertz CT molecular complexity index is 148. The van der Waals surface area contributed by atoms with Crippen molar-refractivity contribution in [2.75, 3.05) is 6.54 Å². The van der Waals surface area contributed by atoms with E-state index in [1.54, 1.807) is 0 Å².